The number of piperidine rings is 1. The van der Waals surface area contributed by atoms with E-state index in [1.165, 1.54) is 35.6 Å². The normalized spacial score (nSPS) is 19.6. The smallest absolute Gasteiger partial charge is 0.336 e. The van der Waals surface area contributed by atoms with Crippen LogP contribution in [0.4, 0.5) is 0 Å². The molecule has 3 nitrogen and oxygen atoms in total. The van der Waals surface area contributed by atoms with Gasteiger partial charge in [-0.3, -0.25) is 0 Å². The van der Waals surface area contributed by atoms with Gasteiger partial charge in [0.05, 0.1) is 13.1 Å². The van der Waals surface area contributed by atoms with Gasteiger partial charge in [-0.05, 0) is 47.6 Å². The number of benzene rings is 3. The molecule has 0 atom stereocenters. The summed E-state index contributed by atoms with van der Waals surface area (Å²) in [7, 11) is 0. The first-order valence-corrected chi connectivity index (χ1v) is 10.6. The molecule has 2 heterocycles. The predicted molar refractivity (Wildman–Crippen MR) is 117 cm³/mol. The monoisotopic (exact) mass is 384 g/mol. The quantitative estimate of drug-likeness (QED) is 0.427. The molecule has 1 fully saturated rings. The summed E-state index contributed by atoms with van der Waals surface area (Å²) in [6, 6.07) is 24.8. The summed E-state index contributed by atoms with van der Waals surface area (Å²) in [5.41, 5.74) is 3.01. The fourth-order valence-electron chi connectivity index (χ4n) is 4.84. The van der Waals surface area contributed by atoms with Gasteiger partial charge in [0.2, 0.25) is 0 Å². The van der Waals surface area contributed by atoms with Gasteiger partial charge in [-0.2, -0.15) is 0 Å². The average molecular weight is 384 g/mol. The van der Waals surface area contributed by atoms with Crippen molar-refractivity contribution in [3.63, 3.8) is 0 Å². The Bertz CT molecular complexity index is 1190. The van der Waals surface area contributed by atoms with Gasteiger partial charge in [-0.25, -0.2) is 4.79 Å². The van der Waals surface area contributed by atoms with Crippen molar-refractivity contribution in [2.24, 2.45) is 5.92 Å². The molecule has 1 aromatic heterocycles. The summed E-state index contributed by atoms with van der Waals surface area (Å²) < 4.78 is 5.52. The van der Waals surface area contributed by atoms with Crippen LogP contribution in [-0.4, -0.2) is 13.1 Å². The first-order chi connectivity index (χ1) is 14.3. The van der Waals surface area contributed by atoms with Gasteiger partial charge >= 0.3 is 5.63 Å². The number of nitrogens with one attached hydrogen (secondary N) is 1. The molecular weight excluding hydrogens is 358 g/mol. The molecule has 0 radical (unpaired) electrons. The standard InChI is InChI=1S/C26H25NO2/c28-25-17-22(26-23-9-5-4-8-21(23)10-11-24(26)29-25)18-27-14-12-20(13-15-27)16-19-6-2-1-3-7-19/h1-11,17,20H,12-16,18H2/p+1. The molecule has 0 amide bonds. The Labute approximate surface area is 170 Å². The third-order valence-corrected chi connectivity index (χ3v) is 6.33. The SMILES string of the molecule is O=c1cc(C[NH+]2CCC(Cc3ccccc3)CC2)c2c(ccc3ccccc32)o1. The average Bonchev–Trinajstić information content (AvgIpc) is 2.75. The Morgan fingerprint density at radius 2 is 1.66 bits per heavy atom. The third kappa shape index (κ3) is 3.83. The van der Waals surface area contributed by atoms with Crippen LogP contribution in [-0.2, 0) is 13.0 Å². The molecule has 5 rings (SSSR count). The summed E-state index contributed by atoms with van der Waals surface area (Å²) in [6.45, 7) is 3.20. The molecule has 1 aliphatic rings. The van der Waals surface area contributed by atoms with Crippen LogP contribution >= 0.6 is 0 Å². The highest BCUT2D eigenvalue weighted by atomic mass is 16.4. The fraction of sp³-hybridized carbons (Fsp3) is 0.269. The zero-order valence-electron chi connectivity index (χ0n) is 16.6. The molecule has 29 heavy (non-hydrogen) atoms. The predicted octanol–water partition coefficient (Wildman–Crippen LogP) is 3.98. The van der Waals surface area contributed by atoms with Crippen molar-refractivity contribution in [2.45, 2.75) is 25.8 Å². The summed E-state index contributed by atoms with van der Waals surface area (Å²) in [4.78, 5) is 13.7. The van der Waals surface area contributed by atoms with Crippen molar-refractivity contribution in [1.82, 2.24) is 0 Å². The lowest BCUT2D eigenvalue weighted by atomic mass is 9.90. The molecule has 3 heteroatoms. The molecule has 1 saturated heterocycles. The Balaban J connectivity index is 1.37. The minimum absolute atomic E-state index is 0.249. The van der Waals surface area contributed by atoms with E-state index in [-0.39, 0.29) is 5.63 Å². The van der Waals surface area contributed by atoms with Crippen molar-refractivity contribution >= 4 is 21.7 Å². The highest BCUT2D eigenvalue weighted by Crippen LogP contribution is 2.27. The van der Waals surface area contributed by atoms with Crippen LogP contribution in [0.3, 0.4) is 0 Å². The lowest BCUT2D eigenvalue weighted by molar-refractivity contribution is -0.919. The molecule has 146 valence electrons. The van der Waals surface area contributed by atoms with Gasteiger partial charge in [0.1, 0.15) is 12.1 Å². The Hall–Kier alpha value is -2.91. The van der Waals surface area contributed by atoms with Crippen LogP contribution in [0.5, 0.6) is 0 Å². The second kappa shape index (κ2) is 7.84. The molecule has 3 aromatic carbocycles. The maximum Gasteiger partial charge on any atom is 0.336 e. The van der Waals surface area contributed by atoms with Gasteiger partial charge in [-0.1, -0.05) is 60.7 Å². The van der Waals surface area contributed by atoms with Gasteiger partial charge < -0.3 is 9.32 Å². The first kappa shape index (κ1) is 18.1. The Morgan fingerprint density at radius 3 is 2.48 bits per heavy atom. The highest BCUT2D eigenvalue weighted by Gasteiger charge is 2.23. The van der Waals surface area contributed by atoms with E-state index < -0.39 is 0 Å². The number of hydrogen-bond donors (Lipinski definition) is 1. The number of quaternary nitrogens is 1. The minimum Gasteiger partial charge on any atom is -0.423 e. The topological polar surface area (TPSA) is 34.7 Å². The molecule has 4 aromatic rings. The second-order valence-electron chi connectivity index (χ2n) is 8.31. The van der Waals surface area contributed by atoms with Crippen LogP contribution in [0, 0.1) is 5.92 Å². The number of fused-ring (bicyclic) bond motifs is 3. The van der Waals surface area contributed by atoms with Crippen molar-refractivity contribution in [3.05, 3.63) is 94.3 Å². The van der Waals surface area contributed by atoms with E-state index in [0.29, 0.717) is 5.58 Å². The van der Waals surface area contributed by atoms with Gasteiger partial charge in [0.25, 0.3) is 0 Å². The summed E-state index contributed by atoms with van der Waals surface area (Å²) in [6.07, 6.45) is 3.66. The first-order valence-electron chi connectivity index (χ1n) is 10.6. The third-order valence-electron chi connectivity index (χ3n) is 6.33. The van der Waals surface area contributed by atoms with Crippen molar-refractivity contribution < 1.29 is 9.32 Å². The molecule has 0 spiro atoms. The Morgan fingerprint density at radius 1 is 0.897 bits per heavy atom. The minimum atomic E-state index is -0.249. The van der Waals surface area contributed by atoms with Gasteiger partial charge in [-0.15, -0.1) is 0 Å². The highest BCUT2D eigenvalue weighted by molar-refractivity contribution is 6.06. The summed E-state index contributed by atoms with van der Waals surface area (Å²) >= 11 is 0. The molecule has 0 aliphatic carbocycles. The molecule has 0 saturated carbocycles. The second-order valence-corrected chi connectivity index (χ2v) is 8.31. The zero-order chi connectivity index (χ0) is 19.6. The van der Waals surface area contributed by atoms with Crippen LogP contribution in [0.25, 0.3) is 21.7 Å². The van der Waals surface area contributed by atoms with Crippen LogP contribution in [0.1, 0.15) is 24.0 Å². The van der Waals surface area contributed by atoms with E-state index >= 15 is 0 Å². The van der Waals surface area contributed by atoms with Crippen LogP contribution < -0.4 is 10.5 Å². The number of likely N-dealkylation sites (tertiary alicyclic amines) is 1. The van der Waals surface area contributed by atoms with E-state index in [9.17, 15) is 4.79 Å². The number of hydrogen-bond acceptors (Lipinski definition) is 2. The van der Waals surface area contributed by atoms with Crippen molar-refractivity contribution in [2.75, 3.05) is 13.1 Å². The molecular formula is C26H26NO2+. The van der Waals surface area contributed by atoms with Crippen LogP contribution in [0.2, 0.25) is 0 Å². The molecule has 0 unspecified atom stereocenters. The zero-order valence-corrected chi connectivity index (χ0v) is 16.6. The summed E-state index contributed by atoms with van der Waals surface area (Å²) in [5, 5.41) is 3.45. The van der Waals surface area contributed by atoms with E-state index in [4.69, 9.17) is 4.42 Å². The maximum atomic E-state index is 12.2. The van der Waals surface area contributed by atoms with E-state index in [2.05, 4.69) is 54.6 Å². The van der Waals surface area contributed by atoms with Crippen molar-refractivity contribution in [3.8, 4) is 0 Å². The van der Waals surface area contributed by atoms with Gasteiger partial charge in [0.15, 0.2) is 0 Å². The maximum absolute atomic E-state index is 12.2. The molecule has 1 N–H and O–H groups in total. The summed E-state index contributed by atoms with van der Waals surface area (Å²) in [5.74, 6) is 0.763. The fourth-order valence-corrected chi connectivity index (χ4v) is 4.84. The van der Waals surface area contributed by atoms with E-state index in [0.717, 1.165) is 36.5 Å². The lowest BCUT2D eigenvalue weighted by Gasteiger charge is -2.29. The van der Waals surface area contributed by atoms with E-state index in [1.807, 2.05) is 12.1 Å². The largest absolute Gasteiger partial charge is 0.423 e. The number of rotatable bonds is 4. The van der Waals surface area contributed by atoms with Gasteiger partial charge in [0, 0.05) is 17.0 Å². The van der Waals surface area contributed by atoms with Crippen LogP contribution in [0.15, 0.2) is 82.0 Å². The van der Waals surface area contributed by atoms with E-state index in [1.54, 1.807) is 11.0 Å². The molecule has 0 bridgehead atoms. The molecule has 1 aliphatic heterocycles. The lowest BCUT2D eigenvalue weighted by Crippen LogP contribution is -3.11. The van der Waals surface area contributed by atoms with Crippen molar-refractivity contribution in [1.29, 1.82) is 0 Å². The Kier molecular flexibility index (Phi) is 4.91.